The first-order valence-corrected chi connectivity index (χ1v) is 8.05. The van der Waals surface area contributed by atoms with Crippen LogP contribution in [0, 0.1) is 18.7 Å². The number of rotatable bonds is 4. The number of carboxylic acid groups (broad SMARTS) is 1. The molecule has 2 heterocycles. The Morgan fingerprint density at radius 2 is 2.04 bits per heavy atom. The number of nitrogens with zero attached hydrogens (tertiary/aromatic N) is 3. The molecule has 2 aromatic rings. The summed E-state index contributed by atoms with van der Waals surface area (Å²) in [6.45, 7) is 2.80. The maximum atomic E-state index is 13.2. The van der Waals surface area contributed by atoms with Gasteiger partial charge in [-0.25, -0.2) is 9.18 Å². The highest BCUT2D eigenvalue weighted by Crippen LogP contribution is 2.35. The number of hydrogen-bond donors (Lipinski definition) is 1. The van der Waals surface area contributed by atoms with Crippen LogP contribution in [-0.4, -0.2) is 39.3 Å². The molecule has 1 aromatic carbocycles. The molecule has 1 unspecified atom stereocenters. The predicted octanol–water partition coefficient (Wildman–Crippen LogP) is 3.23. The van der Waals surface area contributed by atoms with Crippen LogP contribution in [0.1, 0.15) is 36.0 Å². The van der Waals surface area contributed by atoms with Crippen molar-refractivity contribution in [1.29, 1.82) is 0 Å². The van der Waals surface area contributed by atoms with Crippen LogP contribution in [0.5, 0.6) is 0 Å². The van der Waals surface area contributed by atoms with Crippen molar-refractivity contribution in [2.75, 3.05) is 13.1 Å². The average Bonchev–Trinajstić information content (AvgIpc) is 2.99. The van der Waals surface area contributed by atoms with Crippen molar-refractivity contribution < 1.29 is 18.8 Å². The van der Waals surface area contributed by atoms with Gasteiger partial charge >= 0.3 is 6.09 Å². The van der Waals surface area contributed by atoms with E-state index in [2.05, 4.69) is 10.1 Å². The van der Waals surface area contributed by atoms with Gasteiger partial charge in [0, 0.05) is 19.5 Å². The molecule has 1 N–H and O–H groups in total. The summed E-state index contributed by atoms with van der Waals surface area (Å²) in [7, 11) is 0. The summed E-state index contributed by atoms with van der Waals surface area (Å²) in [4.78, 5) is 16.8. The highest BCUT2D eigenvalue weighted by molar-refractivity contribution is 5.65. The summed E-state index contributed by atoms with van der Waals surface area (Å²) in [6.07, 6.45) is 1.23. The number of hydrogen-bond acceptors (Lipinski definition) is 4. The normalized spacial score (nSPS) is 17.0. The molecule has 1 amide bonds. The summed E-state index contributed by atoms with van der Waals surface area (Å²) < 4.78 is 18.5. The second-order valence-electron chi connectivity index (χ2n) is 6.20. The number of amides is 1. The van der Waals surface area contributed by atoms with Gasteiger partial charge in [-0.1, -0.05) is 17.3 Å². The van der Waals surface area contributed by atoms with Crippen molar-refractivity contribution in [3.05, 3.63) is 47.4 Å². The number of piperidine rings is 1. The molecule has 7 heteroatoms. The molecule has 1 fully saturated rings. The Morgan fingerprint density at radius 3 is 2.58 bits per heavy atom. The molecule has 0 spiro atoms. The average molecular weight is 333 g/mol. The lowest BCUT2D eigenvalue weighted by Gasteiger charge is -2.34. The lowest BCUT2D eigenvalue weighted by molar-refractivity contribution is 0.119. The molecule has 1 aliphatic heterocycles. The second-order valence-corrected chi connectivity index (χ2v) is 6.20. The van der Waals surface area contributed by atoms with Gasteiger partial charge in [0.1, 0.15) is 5.82 Å². The summed E-state index contributed by atoms with van der Waals surface area (Å²) >= 11 is 0. The van der Waals surface area contributed by atoms with Crippen molar-refractivity contribution in [3.8, 4) is 0 Å². The molecule has 0 saturated carbocycles. The predicted molar refractivity (Wildman–Crippen MR) is 84.2 cm³/mol. The van der Waals surface area contributed by atoms with E-state index in [0.29, 0.717) is 37.1 Å². The Bertz CT molecular complexity index is 693. The first-order chi connectivity index (χ1) is 11.5. The van der Waals surface area contributed by atoms with E-state index in [0.717, 1.165) is 18.4 Å². The largest absolute Gasteiger partial charge is 0.465 e. The van der Waals surface area contributed by atoms with Gasteiger partial charge in [0.05, 0.1) is 0 Å². The van der Waals surface area contributed by atoms with Crippen molar-refractivity contribution in [1.82, 2.24) is 15.0 Å². The van der Waals surface area contributed by atoms with Gasteiger partial charge in [-0.15, -0.1) is 0 Å². The fraction of sp³-hybridized carbons (Fsp3) is 0.471. The quantitative estimate of drug-likeness (QED) is 0.929. The van der Waals surface area contributed by atoms with Gasteiger partial charge in [-0.3, -0.25) is 0 Å². The van der Waals surface area contributed by atoms with Crippen molar-refractivity contribution in [2.24, 2.45) is 5.92 Å². The fourth-order valence-corrected chi connectivity index (χ4v) is 3.37. The van der Waals surface area contributed by atoms with Crippen LogP contribution in [0.15, 0.2) is 28.8 Å². The molecule has 1 atom stereocenters. The van der Waals surface area contributed by atoms with E-state index < -0.39 is 6.09 Å². The van der Waals surface area contributed by atoms with Crippen LogP contribution in [-0.2, 0) is 6.42 Å². The van der Waals surface area contributed by atoms with E-state index in [-0.39, 0.29) is 11.7 Å². The van der Waals surface area contributed by atoms with Crippen LogP contribution >= 0.6 is 0 Å². The van der Waals surface area contributed by atoms with Crippen molar-refractivity contribution in [2.45, 2.75) is 32.1 Å². The molecular weight excluding hydrogens is 313 g/mol. The van der Waals surface area contributed by atoms with Gasteiger partial charge in [-0.2, -0.15) is 4.98 Å². The summed E-state index contributed by atoms with van der Waals surface area (Å²) in [5.74, 6) is 1.26. The third-order valence-electron chi connectivity index (χ3n) is 4.64. The monoisotopic (exact) mass is 333 g/mol. The number of carbonyl (C=O) groups is 1. The van der Waals surface area contributed by atoms with Crippen LogP contribution in [0.2, 0.25) is 0 Å². The molecule has 1 aliphatic rings. The zero-order valence-electron chi connectivity index (χ0n) is 13.5. The van der Waals surface area contributed by atoms with E-state index in [4.69, 9.17) is 9.63 Å². The number of aromatic nitrogens is 2. The van der Waals surface area contributed by atoms with Crippen LogP contribution in [0.3, 0.4) is 0 Å². The molecule has 0 bridgehead atoms. The Labute approximate surface area is 139 Å². The van der Waals surface area contributed by atoms with E-state index >= 15 is 0 Å². The Kier molecular flexibility index (Phi) is 4.78. The number of aryl methyl sites for hydroxylation is 1. The van der Waals surface area contributed by atoms with Gasteiger partial charge in [0.25, 0.3) is 0 Å². The van der Waals surface area contributed by atoms with Crippen LogP contribution in [0.25, 0.3) is 0 Å². The minimum atomic E-state index is -0.876. The van der Waals surface area contributed by atoms with E-state index in [1.807, 2.05) is 0 Å². The first-order valence-electron chi connectivity index (χ1n) is 8.05. The molecule has 0 aliphatic carbocycles. The molecule has 6 nitrogen and oxygen atoms in total. The van der Waals surface area contributed by atoms with Gasteiger partial charge in [0.2, 0.25) is 5.89 Å². The highest BCUT2D eigenvalue weighted by Gasteiger charge is 2.30. The highest BCUT2D eigenvalue weighted by atomic mass is 19.1. The Morgan fingerprint density at radius 1 is 1.38 bits per heavy atom. The van der Waals surface area contributed by atoms with Gasteiger partial charge in [-0.05, 0) is 49.3 Å². The number of halogens is 1. The topological polar surface area (TPSA) is 79.5 Å². The van der Waals surface area contributed by atoms with Gasteiger partial charge < -0.3 is 14.5 Å². The molecule has 128 valence electrons. The zero-order valence-corrected chi connectivity index (χ0v) is 13.5. The standard InChI is InChI=1S/C17H20FN3O3/c1-11-19-16(24-20-11)10-15(12-2-4-14(18)5-3-12)13-6-8-21(9-7-13)17(22)23/h2-5,13,15H,6-10H2,1H3,(H,22,23). The maximum Gasteiger partial charge on any atom is 0.407 e. The SMILES string of the molecule is Cc1noc(CC(c2ccc(F)cc2)C2CCN(C(=O)O)CC2)n1. The Balaban J connectivity index is 1.79. The lowest BCUT2D eigenvalue weighted by atomic mass is 9.78. The molecule has 1 aromatic heterocycles. The van der Waals surface area contributed by atoms with Gasteiger partial charge in [0.15, 0.2) is 5.82 Å². The van der Waals surface area contributed by atoms with Crippen LogP contribution < -0.4 is 0 Å². The summed E-state index contributed by atoms with van der Waals surface area (Å²) in [6, 6.07) is 6.47. The van der Waals surface area contributed by atoms with Crippen molar-refractivity contribution in [3.63, 3.8) is 0 Å². The smallest absolute Gasteiger partial charge is 0.407 e. The second kappa shape index (κ2) is 6.98. The minimum absolute atomic E-state index is 0.0985. The molecule has 0 radical (unpaired) electrons. The van der Waals surface area contributed by atoms with Crippen LogP contribution in [0.4, 0.5) is 9.18 Å². The lowest BCUT2D eigenvalue weighted by Crippen LogP contribution is -2.39. The molecular formula is C17H20FN3O3. The summed E-state index contributed by atoms with van der Waals surface area (Å²) in [5, 5.41) is 12.9. The van der Waals surface area contributed by atoms with E-state index in [1.54, 1.807) is 19.1 Å². The van der Waals surface area contributed by atoms with E-state index in [9.17, 15) is 9.18 Å². The maximum absolute atomic E-state index is 13.2. The Hall–Kier alpha value is -2.44. The minimum Gasteiger partial charge on any atom is -0.465 e. The first kappa shape index (κ1) is 16.4. The third kappa shape index (κ3) is 3.72. The number of likely N-dealkylation sites (tertiary alicyclic amines) is 1. The zero-order chi connectivity index (χ0) is 17.1. The fourth-order valence-electron chi connectivity index (χ4n) is 3.37. The summed E-state index contributed by atoms with van der Waals surface area (Å²) in [5.41, 5.74) is 1.01. The molecule has 24 heavy (non-hydrogen) atoms. The molecule has 1 saturated heterocycles. The van der Waals surface area contributed by atoms with E-state index in [1.165, 1.54) is 17.0 Å². The third-order valence-corrected chi connectivity index (χ3v) is 4.64. The molecule has 3 rings (SSSR count). The number of benzene rings is 1. The van der Waals surface area contributed by atoms with Crippen molar-refractivity contribution >= 4 is 6.09 Å².